The number of halogens is 1. The van der Waals surface area contributed by atoms with E-state index < -0.39 is 0 Å². The molecule has 140 valence electrons. The van der Waals surface area contributed by atoms with Crippen LogP contribution in [0.1, 0.15) is 5.56 Å². The molecule has 3 rings (SSSR count). The molecule has 0 bridgehead atoms. The van der Waals surface area contributed by atoms with E-state index in [0.717, 1.165) is 16.6 Å². The van der Waals surface area contributed by atoms with Gasteiger partial charge in [-0.1, -0.05) is 41.1 Å². The van der Waals surface area contributed by atoms with Crippen LogP contribution in [0.5, 0.6) is 0 Å². The maximum Gasteiger partial charge on any atom is 0.230 e. The lowest BCUT2D eigenvalue weighted by Crippen LogP contribution is -2.27. The van der Waals surface area contributed by atoms with Crippen LogP contribution >= 0.6 is 35.1 Å². The standard InChI is InChI=1S/C20H20ClN3OS2/c1-15-2-8-18(9-3-15)26-13-11-22-19(25)14-27-20-23-10-12-24(20)17-6-4-16(21)5-7-17/h2-10,12H,11,13-14H2,1H3,(H,22,25). The van der Waals surface area contributed by atoms with E-state index in [4.69, 9.17) is 11.6 Å². The zero-order valence-corrected chi connectivity index (χ0v) is 17.3. The number of hydrogen-bond acceptors (Lipinski definition) is 4. The van der Waals surface area contributed by atoms with Crippen LogP contribution < -0.4 is 5.32 Å². The van der Waals surface area contributed by atoms with Gasteiger partial charge < -0.3 is 5.32 Å². The van der Waals surface area contributed by atoms with Gasteiger partial charge in [-0.2, -0.15) is 0 Å². The summed E-state index contributed by atoms with van der Waals surface area (Å²) in [7, 11) is 0. The predicted molar refractivity (Wildman–Crippen MR) is 114 cm³/mol. The first-order chi connectivity index (χ1) is 13.1. The fourth-order valence-electron chi connectivity index (χ4n) is 2.37. The van der Waals surface area contributed by atoms with Gasteiger partial charge in [-0.3, -0.25) is 9.36 Å². The van der Waals surface area contributed by atoms with Gasteiger partial charge in [0.2, 0.25) is 5.91 Å². The molecule has 27 heavy (non-hydrogen) atoms. The summed E-state index contributed by atoms with van der Waals surface area (Å²) >= 11 is 9.09. The van der Waals surface area contributed by atoms with Crippen LogP contribution in [0.2, 0.25) is 5.02 Å². The molecule has 0 aliphatic carbocycles. The number of amides is 1. The smallest absolute Gasteiger partial charge is 0.230 e. The van der Waals surface area contributed by atoms with E-state index in [-0.39, 0.29) is 5.91 Å². The maximum atomic E-state index is 12.1. The fraction of sp³-hybridized carbons (Fsp3) is 0.200. The van der Waals surface area contributed by atoms with Crippen molar-refractivity contribution in [2.24, 2.45) is 0 Å². The van der Waals surface area contributed by atoms with Crippen molar-refractivity contribution in [1.82, 2.24) is 14.9 Å². The summed E-state index contributed by atoms with van der Waals surface area (Å²) in [5, 5.41) is 4.43. The minimum atomic E-state index is 0.00941. The molecule has 0 fully saturated rings. The summed E-state index contributed by atoms with van der Waals surface area (Å²) in [5.41, 5.74) is 2.22. The Morgan fingerprint density at radius 3 is 2.59 bits per heavy atom. The van der Waals surface area contributed by atoms with Crippen molar-refractivity contribution >= 4 is 41.0 Å². The lowest BCUT2D eigenvalue weighted by atomic mass is 10.2. The van der Waals surface area contributed by atoms with Crippen molar-refractivity contribution in [3.8, 4) is 5.69 Å². The largest absolute Gasteiger partial charge is 0.355 e. The quantitative estimate of drug-likeness (QED) is 0.421. The molecule has 0 saturated carbocycles. The van der Waals surface area contributed by atoms with Crippen LogP contribution in [0.4, 0.5) is 0 Å². The summed E-state index contributed by atoms with van der Waals surface area (Å²) in [6.07, 6.45) is 3.61. The highest BCUT2D eigenvalue weighted by atomic mass is 35.5. The van der Waals surface area contributed by atoms with E-state index in [1.807, 2.05) is 35.0 Å². The maximum absolute atomic E-state index is 12.1. The Labute approximate surface area is 172 Å². The van der Waals surface area contributed by atoms with Crippen LogP contribution in [0.25, 0.3) is 5.69 Å². The van der Waals surface area contributed by atoms with E-state index in [1.165, 1.54) is 22.2 Å². The SMILES string of the molecule is Cc1ccc(SCCNC(=O)CSc2nccn2-c2ccc(Cl)cc2)cc1. The Kier molecular flexibility index (Phi) is 7.26. The third-order valence-corrected chi connectivity index (χ3v) is 5.99. The van der Waals surface area contributed by atoms with E-state index in [2.05, 4.69) is 41.5 Å². The Bertz CT molecular complexity index is 879. The number of aromatic nitrogens is 2. The van der Waals surface area contributed by atoms with Gasteiger partial charge in [0.05, 0.1) is 5.75 Å². The summed E-state index contributed by atoms with van der Waals surface area (Å²) in [6, 6.07) is 15.9. The Morgan fingerprint density at radius 1 is 1.11 bits per heavy atom. The molecule has 2 aromatic carbocycles. The molecule has 0 atom stereocenters. The van der Waals surface area contributed by atoms with Crippen LogP contribution in [0.3, 0.4) is 0 Å². The van der Waals surface area contributed by atoms with E-state index in [0.29, 0.717) is 17.3 Å². The van der Waals surface area contributed by atoms with E-state index in [9.17, 15) is 4.79 Å². The molecule has 0 aliphatic heterocycles. The third-order valence-electron chi connectivity index (χ3n) is 3.76. The highest BCUT2D eigenvalue weighted by Crippen LogP contribution is 2.21. The van der Waals surface area contributed by atoms with Gasteiger partial charge in [0.25, 0.3) is 0 Å². The number of benzene rings is 2. The minimum absolute atomic E-state index is 0.00941. The lowest BCUT2D eigenvalue weighted by molar-refractivity contribution is -0.118. The topological polar surface area (TPSA) is 46.9 Å². The van der Waals surface area contributed by atoms with Crippen molar-refractivity contribution in [2.75, 3.05) is 18.1 Å². The molecule has 4 nitrogen and oxygen atoms in total. The fourth-order valence-corrected chi connectivity index (χ4v) is 4.07. The average molecular weight is 418 g/mol. The van der Waals surface area contributed by atoms with Gasteiger partial charge >= 0.3 is 0 Å². The number of thioether (sulfide) groups is 2. The lowest BCUT2D eigenvalue weighted by Gasteiger charge is -2.08. The molecule has 1 amide bonds. The number of nitrogens with zero attached hydrogens (tertiary/aromatic N) is 2. The van der Waals surface area contributed by atoms with Crippen LogP contribution in [-0.4, -0.2) is 33.5 Å². The molecule has 1 N–H and O–H groups in total. The second-order valence-corrected chi connectivity index (χ2v) is 8.40. The van der Waals surface area contributed by atoms with Crippen molar-refractivity contribution in [3.05, 3.63) is 71.5 Å². The van der Waals surface area contributed by atoms with Gasteiger partial charge in [-0.05, 0) is 43.3 Å². The molecule has 1 aromatic heterocycles. The number of nitrogens with one attached hydrogen (secondary N) is 1. The molecule has 0 spiro atoms. The summed E-state index contributed by atoms with van der Waals surface area (Å²) in [5.74, 6) is 1.19. The number of carbonyl (C=O) groups excluding carboxylic acids is 1. The Morgan fingerprint density at radius 2 is 1.85 bits per heavy atom. The highest BCUT2D eigenvalue weighted by Gasteiger charge is 2.09. The average Bonchev–Trinajstić information content (AvgIpc) is 3.14. The second-order valence-electron chi connectivity index (χ2n) is 5.86. The molecule has 3 aromatic rings. The van der Waals surface area contributed by atoms with Crippen molar-refractivity contribution in [2.45, 2.75) is 17.0 Å². The van der Waals surface area contributed by atoms with Gasteiger partial charge in [-0.25, -0.2) is 4.98 Å². The first kappa shape index (κ1) is 19.9. The summed E-state index contributed by atoms with van der Waals surface area (Å²) in [4.78, 5) is 17.6. The number of hydrogen-bond donors (Lipinski definition) is 1. The second kappa shape index (κ2) is 9.88. The van der Waals surface area contributed by atoms with Gasteiger partial charge in [0.15, 0.2) is 5.16 Å². The number of aryl methyl sites for hydroxylation is 1. The molecule has 1 heterocycles. The zero-order valence-electron chi connectivity index (χ0n) is 14.9. The Hall–Kier alpha value is -1.89. The van der Waals surface area contributed by atoms with Crippen molar-refractivity contribution in [3.63, 3.8) is 0 Å². The summed E-state index contributed by atoms with van der Waals surface area (Å²) < 4.78 is 1.95. The first-order valence-electron chi connectivity index (χ1n) is 8.50. The van der Waals surface area contributed by atoms with E-state index in [1.54, 1.807) is 18.0 Å². The molecular formula is C20H20ClN3OS2. The van der Waals surface area contributed by atoms with Crippen LogP contribution in [-0.2, 0) is 4.79 Å². The number of imidazole rings is 1. The van der Waals surface area contributed by atoms with Gasteiger partial charge in [0, 0.05) is 40.3 Å². The number of carbonyl (C=O) groups is 1. The van der Waals surface area contributed by atoms with Crippen LogP contribution in [0, 0.1) is 6.92 Å². The molecule has 0 radical (unpaired) electrons. The first-order valence-corrected chi connectivity index (χ1v) is 10.8. The van der Waals surface area contributed by atoms with Crippen LogP contribution in [0.15, 0.2) is 71.0 Å². The van der Waals surface area contributed by atoms with Gasteiger partial charge in [0.1, 0.15) is 0 Å². The molecular weight excluding hydrogens is 398 g/mol. The molecule has 0 aliphatic rings. The molecule has 0 saturated heterocycles. The summed E-state index contributed by atoms with van der Waals surface area (Å²) in [6.45, 7) is 2.72. The highest BCUT2D eigenvalue weighted by molar-refractivity contribution is 7.99. The van der Waals surface area contributed by atoms with Crippen molar-refractivity contribution in [1.29, 1.82) is 0 Å². The molecule has 0 unspecified atom stereocenters. The minimum Gasteiger partial charge on any atom is -0.355 e. The zero-order chi connectivity index (χ0) is 19.1. The van der Waals surface area contributed by atoms with E-state index >= 15 is 0 Å². The van der Waals surface area contributed by atoms with Crippen molar-refractivity contribution < 1.29 is 4.79 Å². The number of rotatable bonds is 8. The normalized spacial score (nSPS) is 10.7. The van der Waals surface area contributed by atoms with Gasteiger partial charge in [-0.15, -0.1) is 11.8 Å². The third kappa shape index (κ3) is 6.06. The Balaban J connectivity index is 1.42. The molecule has 7 heteroatoms. The monoisotopic (exact) mass is 417 g/mol. The predicted octanol–water partition coefficient (Wildman–Crippen LogP) is 4.83.